The van der Waals surface area contributed by atoms with Gasteiger partial charge in [0.05, 0.1) is 46.6 Å². The van der Waals surface area contributed by atoms with Crippen molar-refractivity contribution in [3.63, 3.8) is 0 Å². The lowest BCUT2D eigenvalue weighted by molar-refractivity contribution is -0.142. The molecule has 1 atom stereocenters. The second-order valence-electron chi connectivity index (χ2n) is 9.11. The number of hydrogen-bond donors (Lipinski definition) is 2. The van der Waals surface area contributed by atoms with Crippen molar-refractivity contribution in [2.24, 2.45) is 0 Å². The zero-order valence-electron chi connectivity index (χ0n) is 21.0. The van der Waals surface area contributed by atoms with Crippen LogP contribution in [0.3, 0.4) is 0 Å². The number of amides is 1. The first-order chi connectivity index (χ1) is 16.7. The van der Waals surface area contributed by atoms with E-state index in [4.69, 9.17) is 32.6 Å². The molecule has 2 aromatic rings. The zero-order chi connectivity index (χ0) is 27.3. The van der Waals surface area contributed by atoms with Gasteiger partial charge in [-0.2, -0.15) is 0 Å². The normalized spacial score (nSPS) is 12.5. The monoisotopic (exact) mass is 536 g/mol. The topological polar surface area (TPSA) is 111 Å². The summed E-state index contributed by atoms with van der Waals surface area (Å²) in [6.45, 7) is 6.89. The van der Waals surface area contributed by atoms with Crippen LogP contribution in [0.5, 0.6) is 0 Å². The molecule has 0 spiro atoms. The van der Waals surface area contributed by atoms with Crippen molar-refractivity contribution < 1.29 is 33.6 Å². The van der Waals surface area contributed by atoms with Crippen LogP contribution in [-0.4, -0.2) is 61.9 Å². The smallest absolute Gasteiger partial charge is 0.337 e. The Balaban J connectivity index is 2.16. The molecule has 0 saturated carbocycles. The maximum Gasteiger partial charge on any atom is 0.337 e. The quantitative estimate of drug-likeness (QED) is 0.354. The Morgan fingerprint density at radius 1 is 1.00 bits per heavy atom. The minimum atomic E-state index is -1.05. The van der Waals surface area contributed by atoms with E-state index in [1.165, 1.54) is 26.4 Å². The van der Waals surface area contributed by atoms with Crippen LogP contribution in [0.4, 0.5) is 0 Å². The largest absolute Gasteiger partial charge is 0.467 e. The van der Waals surface area contributed by atoms with Crippen molar-refractivity contribution in [2.45, 2.75) is 51.4 Å². The molecule has 1 radical (unpaired) electrons. The van der Waals surface area contributed by atoms with Crippen molar-refractivity contribution in [3.8, 4) is 0 Å². The van der Waals surface area contributed by atoms with E-state index in [2.05, 4.69) is 10.1 Å². The lowest BCUT2D eigenvalue weighted by Gasteiger charge is -2.37. The van der Waals surface area contributed by atoms with Crippen LogP contribution in [0.1, 0.15) is 54.0 Å². The van der Waals surface area contributed by atoms with E-state index in [-0.39, 0.29) is 27.6 Å². The standard InChI is InChI=1S/C25H29BCl2NO7/c1-24(2,33)25(3,4)36-26-16-9-7-14(8-10-16)11-19(23(32)35-6)29-21(30)20-17(27)12-15(13-18(20)28)22(31)34-5/h7-10,12-13,19,33H,11H2,1-6H3,(H,29,30). The molecular formula is C25H29BCl2NO7. The molecule has 0 aromatic heterocycles. The van der Waals surface area contributed by atoms with Crippen molar-refractivity contribution in [2.75, 3.05) is 14.2 Å². The fourth-order valence-corrected chi connectivity index (χ4v) is 3.58. The SMILES string of the molecule is COC(=O)c1cc(Cl)c(C(=O)NC(Cc2ccc([B]OC(C)(C)C(C)(C)O)cc2)C(=O)OC)c(Cl)c1. The van der Waals surface area contributed by atoms with Gasteiger partial charge in [-0.25, -0.2) is 9.59 Å². The molecule has 1 amide bonds. The number of esters is 2. The summed E-state index contributed by atoms with van der Waals surface area (Å²) in [6, 6.07) is 8.61. The van der Waals surface area contributed by atoms with Gasteiger partial charge in [0, 0.05) is 6.42 Å². The van der Waals surface area contributed by atoms with Crippen LogP contribution in [-0.2, 0) is 25.3 Å². The molecule has 2 N–H and O–H groups in total. The van der Waals surface area contributed by atoms with Crippen molar-refractivity contribution >= 4 is 54.0 Å². The molecule has 193 valence electrons. The third kappa shape index (κ3) is 7.46. The highest BCUT2D eigenvalue weighted by atomic mass is 35.5. The molecule has 2 aromatic carbocycles. The molecule has 0 aliphatic heterocycles. The van der Waals surface area contributed by atoms with E-state index in [1.54, 1.807) is 59.4 Å². The van der Waals surface area contributed by atoms with Crippen LogP contribution in [0.2, 0.25) is 10.0 Å². The van der Waals surface area contributed by atoms with Gasteiger partial charge in [-0.1, -0.05) is 52.9 Å². The number of carbonyl (C=O) groups is 3. The Labute approximate surface area is 221 Å². The lowest BCUT2D eigenvalue weighted by atomic mass is 9.82. The summed E-state index contributed by atoms with van der Waals surface area (Å²) in [7, 11) is 3.97. The fourth-order valence-electron chi connectivity index (χ4n) is 2.92. The summed E-state index contributed by atoms with van der Waals surface area (Å²) in [5, 5.41) is 12.7. The molecule has 0 fully saturated rings. The van der Waals surface area contributed by atoms with Gasteiger partial charge < -0.3 is 24.6 Å². The molecule has 0 heterocycles. The zero-order valence-corrected chi connectivity index (χ0v) is 22.5. The number of nitrogens with one attached hydrogen (secondary N) is 1. The lowest BCUT2D eigenvalue weighted by Crippen LogP contribution is -2.49. The highest BCUT2D eigenvalue weighted by Crippen LogP contribution is 2.27. The molecule has 0 aliphatic carbocycles. The Hall–Kier alpha value is -2.59. The Morgan fingerprint density at radius 3 is 2.03 bits per heavy atom. The summed E-state index contributed by atoms with van der Waals surface area (Å²) in [5.41, 5.74) is -0.386. The average Bonchev–Trinajstić information content (AvgIpc) is 2.80. The molecular weight excluding hydrogens is 508 g/mol. The predicted molar refractivity (Wildman–Crippen MR) is 138 cm³/mol. The van der Waals surface area contributed by atoms with E-state index in [0.717, 1.165) is 11.0 Å². The van der Waals surface area contributed by atoms with Gasteiger partial charge in [0.15, 0.2) is 0 Å². The second kappa shape index (κ2) is 12.1. The highest BCUT2D eigenvalue weighted by molar-refractivity contribution is 6.47. The minimum Gasteiger partial charge on any atom is -0.467 e. The van der Waals surface area contributed by atoms with Crippen LogP contribution in [0, 0.1) is 0 Å². The number of benzene rings is 2. The summed E-state index contributed by atoms with van der Waals surface area (Å²) < 4.78 is 15.2. The van der Waals surface area contributed by atoms with Gasteiger partial charge in [0.1, 0.15) is 6.04 Å². The highest BCUT2D eigenvalue weighted by Gasteiger charge is 2.35. The maximum atomic E-state index is 12.9. The molecule has 0 bridgehead atoms. The number of ether oxygens (including phenoxy) is 2. The van der Waals surface area contributed by atoms with Crippen LogP contribution in [0.15, 0.2) is 36.4 Å². The number of halogens is 2. The van der Waals surface area contributed by atoms with Gasteiger partial charge >= 0.3 is 19.4 Å². The van der Waals surface area contributed by atoms with Crippen LogP contribution in [0.25, 0.3) is 0 Å². The molecule has 11 heteroatoms. The van der Waals surface area contributed by atoms with Crippen LogP contribution < -0.4 is 10.8 Å². The Kier molecular flexibility index (Phi) is 9.96. The fraction of sp³-hybridized carbons (Fsp3) is 0.400. The first-order valence-corrected chi connectivity index (χ1v) is 11.7. The van der Waals surface area contributed by atoms with E-state index >= 15 is 0 Å². The average molecular weight is 537 g/mol. The maximum absolute atomic E-state index is 12.9. The third-order valence-corrected chi connectivity index (χ3v) is 6.46. The van der Waals surface area contributed by atoms with Crippen LogP contribution >= 0.6 is 23.2 Å². The predicted octanol–water partition coefficient (Wildman–Crippen LogP) is 3.10. The number of aliphatic hydroxyl groups is 1. The van der Waals surface area contributed by atoms with Crippen molar-refractivity contribution in [1.82, 2.24) is 5.32 Å². The number of hydrogen-bond acceptors (Lipinski definition) is 7. The van der Waals surface area contributed by atoms with Gasteiger partial charge in [0.25, 0.3) is 5.91 Å². The first-order valence-electron chi connectivity index (χ1n) is 11.0. The van der Waals surface area contributed by atoms with Gasteiger partial charge in [-0.3, -0.25) is 4.79 Å². The molecule has 36 heavy (non-hydrogen) atoms. The van der Waals surface area contributed by atoms with Gasteiger partial charge in [-0.05, 0) is 45.4 Å². The van der Waals surface area contributed by atoms with Crippen molar-refractivity contribution in [1.29, 1.82) is 0 Å². The van der Waals surface area contributed by atoms with E-state index in [1.807, 2.05) is 0 Å². The minimum absolute atomic E-state index is 0.0714. The molecule has 8 nitrogen and oxygen atoms in total. The number of carbonyl (C=O) groups excluding carboxylic acids is 3. The van der Waals surface area contributed by atoms with E-state index in [0.29, 0.717) is 0 Å². The summed E-state index contributed by atoms with van der Waals surface area (Å²) >= 11 is 12.4. The first kappa shape index (κ1) is 29.6. The summed E-state index contributed by atoms with van der Waals surface area (Å²) in [5.74, 6) is -2.02. The molecule has 1 unspecified atom stereocenters. The number of rotatable bonds is 10. The molecule has 0 aliphatic rings. The summed E-state index contributed by atoms with van der Waals surface area (Å²) in [4.78, 5) is 37.1. The van der Waals surface area contributed by atoms with E-state index in [9.17, 15) is 19.5 Å². The van der Waals surface area contributed by atoms with Crippen molar-refractivity contribution in [3.05, 3.63) is 63.1 Å². The number of methoxy groups -OCH3 is 2. The Bertz CT molecular complexity index is 1090. The molecule has 0 saturated heterocycles. The second-order valence-corrected chi connectivity index (χ2v) is 9.92. The van der Waals surface area contributed by atoms with E-state index < -0.39 is 35.1 Å². The Morgan fingerprint density at radius 2 is 1.56 bits per heavy atom. The summed E-state index contributed by atoms with van der Waals surface area (Å²) in [6.07, 6.45) is 0.129. The third-order valence-electron chi connectivity index (χ3n) is 5.86. The van der Waals surface area contributed by atoms with Gasteiger partial charge in [0.2, 0.25) is 0 Å². The molecule has 2 rings (SSSR count). The van der Waals surface area contributed by atoms with Gasteiger partial charge in [-0.15, -0.1) is 0 Å².